The number of hydrogen-bond acceptors (Lipinski definition) is 3. The summed E-state index contributed by atoms with van der Waals surface area (Å²) in [7, 11) is 0. The van der Waals surface area contributed by atoms with Gasteiger partial charge in [-0.25, -0.2) is 0 Å². The van der Waals surface area contributed by atoms with Gasteiger partial charge in [0.15, 0.2) is 0 Å². The zero-order chi connectivity index (χ0) is 16.3. The molecule has 0 fully saturated rings. The molecule has 0 unspecified atom stereocenters. The molecule has 0 saturated heterocycles. The number of carbonyl (C=O) groups excluding carboxylic acids is 1. The molecule has 1 aromatic heterocycles. The fraction of sp³-hybridized carbons (Fsp3) is 0.286. The average Bonchev–Trinajstić information content (AvgIpc) is 2.82. The molecule has 118 valence electrons. The zero-order valence-electron chi connectivity index (χ0n) is 11.9. The van der Waals surface area contributed by atoms with Crippen LogP contribution in [0.15, 0.2) is 24.4 Å². The fourth-order valence-corrected chi connectivity index (χ4v) is 2.16. The lowest BCUT2D eigenvalue weighted by atomic mass is 10.2. The molecule has 0 spiro atoms. The van der Waals surface area contributed by atoms with Crippen LogP contribution >= 0.6 is 11.6 Å². The highest BCUT2D eigenvalue weighted by atomic mass is 35.5. The first-order valence-electron chi connectivity index (χ1n) is 6.50. The first-order valence-corrected chi connectivity index (χ1v) is 6.88. The number of nitrogens with zero attached hydrogens (tertiary/aromatic N) is 2. The molecule has 0 aliphatic carbocycles. The van der Waals surface area contributed by atoms with Crippen LogP contribution in [0.3, 0.4) is 0 Å². The third-order valence-electron chi connectivity index (χ3n) is 2.91. The molecule has 0 aliphatic rings. The van der Waals surface area contributed by atoms with Gasteiger partial charge >= 0.3 is 6.61 Å². The Morgan fingerprint density at radius 2 is 2.23 bits per heavy atom. The van der Waals surface area contributed by atoms with Crippen LogP contribution in [-0.2, 0) is 6.54 Å². The Bertz CT molecular complexity index is 689. The van der Waals surface area contributed by atoms with E-state index in [1.165, 1.54) is 23.0 Å². The Kier molecular flexibility index (Phi) is 4.97. The highest BCUT2D eigenvalue weighted by molar-refractivity contribution is 6.34. The van der Waals surface area contributed by atoms with Crippen LogP contribution in [0.1, 0.15) is 23.0 Å². The average molecular weight is 330 g/mol. The van der Waals surface area contributed by atoms with Crippen LogP contribution < -0.4 is 10.1 Å². The van der Waals surface area contributed by atoms with Crippen molar-refractivity contribution in [2.45, 2.75) is 27.0 Å². The molecule has 22 heavy (non-hydrogen) atoms. The van der Waals surface area contributed by atoms with Crippen LogP contribution in [0.25, 0.3) is 0 Å². The molecule has 0 saturated carbocycles. The minimum Gasteiger partial charge on any atom is -0.433 e. The Hall–Kier alpha value is -2.15. The van der Waals surface area contributed by atoms with Crippen molar-refractivity contribution in [3.8, 4) is 5.75 Å². The van der Waals surface area contributed by atoms with Gasteiger partial charge in [-0.3, -0.25) is 9.48 Å². The summed E-state index contributed by atoms with van der Waals surface area (Å²) >= 11 is 5.94. The maximum Gasteiger partial charge on any atom is 0.387 e. The van der Waals surface area contributed by atoms with Gasteiger partial charge in [0.25, 0.3) is 5.91 Å². The van der Waals surface area contributed by atoms with Crippen molar-refractivity contribution < 1.29 is 18.3 Å². The second kappa shape index (κ2) is 6.74. The number of anilines is 1. The molecule has 1 aromatic carbocycles. The number of ether oxygens (including phenoxy) is 1. The normalized spacial score (nSPS) is 10.8. The van der Waals surface area contributed by atoms with Crippen molar-refractivity contribution >= 4 is 23.2 Å². The number of carbonyl (C=O) groups is 1. The van der Waals surface area contributed by atoms with Gasteiger partial charge in [0.1, 0.15) is 11.4 Å². The third kappa shape index (κ3) is 3.54. The summed E-state index contributed by atoms with van der Waals surface area (Å²) in [5.74, 6) is -0.658. The van der Waals surface area contributed by atoms with E-state index in [4.69, 9.17) is 11.6 Å². The number of aromatic nitrogens is 2. The van der Waals surface area contributed by atoms with E-state index in [1.54, 1.807) is 19.9 Å². The first kappa shape index (κ1) is 16.2. The second-order valence-electron chi connectivity index (χ2n) is 4.49. The SMILES string of the molecule is CCn1ncc(Cl)c1C(=O)Nc1ccc(C)cc1OC(F)F. The molecule has 0 aliphatic heterocycles. The maximum atomic E-state index is 12.5. The molecule has 1 heterocycles. The molecule has 2 rings (SSSR count). The van der Waals surface area contributed by atoms with Gasteiger partial charge in [-0.15, -0.1) is 0 Å². The summed E-state index contributed by atoms with van der Waals surface area (Å²) in [6.07, 6.45) is 1.35. The van der Waals surface area contributed by atoms with Crippen molar-refractivity contribution in [1.82, 2.24) is 9.78 Å². The highest BCUT2D eigenvalue weighted by Crippen LogP contribution is 2.28. The fourth-order valence-electron chi connectivity index (χ4n) is 1.94. The van der Waals surface area contributed by atoms with Gasteiger partial charge in [0.05, 0.1) is 16.9 Å². The summed E-state index contributed by atoms with van der Waals surface area (Å²) in [6.45, 7) is 0.996. The standard InChI is InChI=1S/C14H14ClF2N3O2/c1-3-20-12(9(15)7-18-20)13(21)19-10-5-4-8(2)6-11(10)22-14(16)17/h4-7,14H,3H2,1-2H3,(H,19,21). The van der Waals surface area contributed by atoms with E-state index in [-0.39, 0.29) is 22.2 Å². The van der Waals surface area contributed by atoms with Crippen LogP contribution in [0.5, 0.6) is 5.75 Å². The molecule has 0 bridgehead atoms. The maximum absolute atomic E-state index is 12.5. The Labute approximate surface area is 130 Å². The first-order chi connectivity index (χ1) is 10.4. The summed E-state index contributed by atoms with van der Waals surface area (Å²) in [6, 6.07) is 4.58. The van der Waals surface area contributed by atoms with Crippen LogP contribution in [-0.4, -0.2) is 22.3 Å². The molecular weight excluding hydrogens is 316 g/mol. The lowest BCUT2D eigenvalue weighted by molar-refractivity contribution is -0.0494. The van der Waals surface area contributed by atoms with Gasteiger partial charge in [-0.1, -0.05) is 17.7 Å². The number of hydrogen-bond donors (Lipinski definition) is 1. The minimum atomic E-state index is -2.98. The monoisotopic (exact) mass is 329 g/mol. The van der Waals surface area contributed by atoms with Crippen LogP contribution in [0.2, 0.25) is 5.02 Å². The van der Waals surface area contributed by atoms with E-state index >= 15 is 0 Å². The minimum absolute atomic E-state index is 0.109. The highest BCUT2D eigenvalue weighted by Gasteiger charge is 2.19. The van der Waals surface area contributed by atoms with Gasteiger partial charge in [0, 0.05) is 6.54 Å². The lowest BCUT2D eigenvalue weighted by Gasteiger charge is -2.13. The number of nitrogens with one attached hydrogen (secondary N) is 1. The summed E-state index contributed by atoms with van der Waals surface area (Å²) in [5, 5.41) is 6.66. The molecule has 5 nitrogen and oxygen atoms in total. The van der Waals surface area contributed by atoms with Crippen LogP contribution in [0, 0.1) is 6.92 Å². The van der Waals surface area contributed by atoms with Crippen molar-refractivity contribution in [1.29, 1.82) is 0 Å². The number of benzene rings is 1. The summed E-state index contributed by atoms with van der Waals surface area (Å²) < 4.78 is 30.8. The smallest absolute Gasteiger partial charge is 0.387 e. The van der Waals surface area contributed by atoms with E-state index in [9.17, 15) is 13.6 Å². The van der Waals surface area contributed by atoms with E-state index in [2.05, 4.69) is 15.2 Å². The van der Waals surface area contributed by atoms with E-state index in [0.29, 0.717) is 6.54 Å². The van der Waals surface area contributed by atoms with Gasteiger partial charge < -0.3 is 10.1 Å². The lowest BCUT2D eigenvalue weighted by Crippen LogP contribution is -2.18. The molecular formula is C14H14ClF2N3O2. The van der Waals surface area contributed by atoms with E-state index < -0.39 is 12.5 Å². The van der Waals surface area contributed by atoms with Gasteiger partial charge in [-0.2, -0.15) is 13.9 Å². The van der Waals surface area contributed by atoms with Crippen molar-refractivity contribution in [3.05, 3.63) is 40.7 Å². The summed E-state index contributed by atoms with van der Waals surface area (Å²) in [5.41, 5.74) is 1.02. The number of alkyl halides is 2. The summed E-state index contributed by atoms with van der Waals surface area (Å²) in [4.78, 5) is 12.3. The molecule has 0 atom stereocenters. The predicted molar refractivity (Wildman–Crippen MR) is 78.7 cm³/mol. The van der Waals surface area contributed by atoms with E-state index in [0.717, 1.165) is 5.56 Å². The Morgan fingerprint density at radius 1 is 1.50 bits per heavy atom. The van der Waals surface area contributed by atoms with E-state index in [1.807, 2.05) is 0 Å². The van der Waals surface area contributed by atoms with Crippen molar-refractivity contribution in [2.75, 3.05) is 5.32 Å². The molecule has 0 radical (unpaired) electrons. The van der Waals surface area contributed by atoms with Crippen molar-refractivity contribution in [2.24, 2.45) is 0 Å². The molecule has 2 aromatic rings. The quantitative estimate of drug-likeness (QED) is 0.909. The topological polar surface area (TPSA) is 56.2 Å². The number of amides is 1. The number of aryl methyl sites for hydroxylation is 2. The zero-order valence-corrected chi connectivity index (χ0v) is 12.7. The molecule has 1 amide bonds. The molecule has 8 heteroatoms. The van der Waals surface area contributed by atoms with Crippen LogP contribution in [0.4, 0.5) is 14.5 Å². The van der Waals surface area contributed by atoms with Gasteiger partial charge in [-0.05, 0) is 31.5 Å². The molecule has 1 N–H and O–H groups in total. The largest absolute Gasteiger partial charge is 0.433 e. The third-order valence-corrected chi connectivity index (χ3v) is 3.19. The Balaban J connectivity index is 2.30. The van der Waals surface area contributed by atoms with Crippen molar-refractivity contribution in [3.63, 3.8) is 0 Å². The second-order valence-corrected chi connectivity index (χ2v) is 4.90. The van der Waals surface area contributed by atoms with Gasteiger partial charge in [0.2, 0.25) is 0 Å². The number of halogens is 3. The predicted octanol–water partition coefficient (Wildman–Crippen LogP) is 3.72. The Morgan fingerprint density at radius 3 is 2.86 bits per heavy atom. The number of rotatable bonds is 5.